The van der Waals surface area contributed by atoms with Crippen LogP contribution in [-0.4, -0.2) is 30.4 Å². The number of nitriles is 1. The van der Waals surface area contributed by atoms with E-state index in [1.165, 1.54) is 0 Å². The Morgan fingerprint density at radius 2 is 2.19 bits per heavy atom. The normalized spacial score (nSPS) is 32.2. The van der Waals surface area contributed by atoms with Crippen LogP contribution in [0.4, 0.5) is 0 Å². The molecule has 1 saturated heterocycles. The summed E-state index contributed by atoms with van der Waals surface area (Å²) in [6.07, 6.45) is 3.82. The number of amides is 1. The lowest BCUT2D eigenvalue weighted by molar-refractivity contribution is -0.126. The zero-order valence-electron chi connectivity index (χ0n) is 9.83. The molecule has 0 bridgehead atoms. The summed E-state index contributed by atoms with van der Waals surface area (Å²) in [5.74, 6) is -0.194. The van der Waals surface area contributed by atoms with Crippen LogP contribution in [-0.2, 0) is 4.79 Å². The number of carbonyl (C=O) groups excluding carboxylic acids is 1. The molecule has 0 aromatic rings. The molecule has 1 aliphatic carbocycles. The molecule has 4 heteroatoms. The van der Waals surface area contributed by atoms with Crippen LogP contribution >= 0.6 is 0 Å². The van der Waals surface area contributed by atoms with E-state index >= 15 is 0 Å². The molecular formula is C12H19N3O. The van der Waals surface area contributed by atoms with Gasteiger partial charge in [0.25, 0.3) is 0 Å². The summed E-state index contributed by atoms with van der Waals surface area (Å²) in [5.41, 5.74) is 5.29. The molecule has 2 aliphatic rings. The van der Waals surface area contributed by atoms with Gasteiger partial charge in [-0.15, -0.1) is 0 Å². The molecule has 0 spiro atoms. The van der Waals surface area contributed by atoms with Crippen molar-refractivity contribution in [2.75, 3.05) is 19.6 Å². The minimum absolute atomic E-state index is 0.194. The van der Waals surface area contributed by atoms with Crippen molar-refractivity contribution >= 4 is 5.91 Å². The Morgan fingerprint density at radius 3 is 2.62 bits per heavy atom. The fraction of sp³-hybridized carbons (Fsp3) is 0.833. The summed E-state index contributed by atoms with van der Waals surface area (Å²) in [4.78, 5) is 13.6. The highest BCUT2D eigenvalue weighted by Crippen LogP contribution is 2.50. The number of nitrogens with two attached hydrogens (primary N) is 1. The van der Waals surface area contributed by atoms with Gasteiger partial charge < -0.3 is 10.6 Å². The second-order valence-electron chi connectivity index (χ2n) is 5.72. The average Bonchev–Trinajstić information content (AvgIpc) is 2.84. The molecule has 88 valence electrons. The van der Waals surface area contributed by atoms with E-state index in [-0.39, 0.29) is 16.7 Å². The summed E-state index contributed by atoms with van der Waals surface area (Å²) >= 11 is 0. The predicted octanol–water partition coefficient (Wildman–Crippen LogP) is 0.878. The lowest BCUT2D eigenvalue weighted by Crippen LogP contribution is -2.38. The first-order valence-electron chi connectivity index (χ1n) is 5.89. The zero-order chi connectivity index (χ0) is 11.8. The van der Waals surface area contributed by atoms with Crippen molar-refractivity contribution in [2.24, 2.45) is 16.6 Å². The number of carbonyl (C=O) groups is 1. The van der Waals surface area contributed by atoms with Gasteiger partial charge in [-0.05, 0) is 38.1 Å². The lowest BCUT2D eigenvalue weighted by atomic mass is 9.89. The number of hydrogen-bond donors (Lipinski definition) is 1. The highest BCUT2D eigenvalue weighted by Gasteiger charge is 2.47. The summed E-state index contributed by atoms with van der Waals surface area (Å²) in [5, 5.41) is 8.76. The van der Waals surface area contributed by atoms with Gasteiger partial charge in [-0.25, -0.2) is 0 Å². The Kier molecular flexibility index (Phi) is 2.67. The molecule has 2 rings (SSSR count). The topological polar surface area (TPSA) is 70.1 Å². The second-order valence-corrected chi connectivity index (χ2v) is 5.72. The first-order chi connectivity index (χ1) is 7.50. The molecule has 1 amide bonds. The Labute approximate surface area is 96.4 Å². The van der Waals surface area contributed by atoms with E-state index < -0.39 is 0 Å². The number of rotatable bonds is 4. The van der Waals surface area contributed by atoms with Gasteiger partial charge in [-0.2, -0.15) is 5.26 Å². The third-order valence-corrected chi connectivity index (χ3v) is 4.12. The molecule has 0 aromatic heterocycles. The van der Waals surface area contributed by atoms with Crippen molar-refractivity contribution < 1.29 is 4.79 Å². The number of nitrogens with zero attached hydrogens (tertiary/aromatic N) is 2. The SMILES string of the molecule is CC1(C(N)=O)CCN(CC2(CC#N)CC2)C1. The van der Waals surface area contributed by atoms with Crippen molar-refractivity contribution in [3.05, 3.63) is 0 Å². The molecule has 2 N–H and O–H groups in total. The van der Waals surface area contributed by atoms with Gasteiger partial charge in [0.2, 0.25) is 5.91 Å². The van der Waals surface area contributed by atoms with E-state index in [4.69, 9.17) is 11.0 Å². The Bertz CT molecular complexity index is 343. The van der Waals surface area contributed by atoms with Crippen LogP contribution in [0, 0.1) is 22.2 Å². The van der Waals surface area contributed by atoms with Crippen LogP contribution in [0.2, 0.25) is 0 Å². The average molecular weight is 221 g/mol. The smallest absolute Gasteiger partial charge is 0.224 e. The molecule has 16 heavy (non-hydrogen) atoms. The third-order valence-electron chi connectivity index (χ3n) is 4.12. The summed E-state index contributed by atoms with van der Waals surface area (Å²) < 4.78 is 0. The van der Waals surface area contributed by atoms with Gasteiger partial charge in [-0.3, -0.25) is 4.79 Å². The highest BCUT2D eigenvalue weighted by atomic mass is 16.1. The van der Waals surface area contributed by atoms with Gasteiger partial charge in [0.15, 0.2) is 0 Å². The van der Waals surface area contributed by atoms with Gasteiger partial charge >= 0.3 is 0 Å². The molecule has 1 heterocycles. The molecule has 1 atom stereocenters. The standard InChI is InChI=1S/C12H19N3O/c1-11(10(14)16)5-7-15(8-11)9-12(2-3-12)4-6-13/h2-5,7-9H2,1H3,(H2,14,16). The maximum Gasteiger partial charge on any atom is 0.224 e. The second kappa shape index (κ2) is 3.74. The minimum Gasteiger partial charge on any atom is -0.369 e. The summed E-state index contributed by atoms with van der Waals surface area (Å²) in [6, 6.07) is 2.27. The Balaban J connectivity index is 1.91. The first-order valence-corrected chi connectivity index (χ1v) is 5.89. The van der Waals surface area contributed by atoms with Gasteiger partial charge in [0.05, 0.1) is 11.5 Å². The van der Waals surface area contributed by atoms with Gasteiger partial charge in [0, 0.05) is 19.5 Å². The van der Waals surface area contributed by atoms with Crippen molar-refractivity contribution in [3.8, 4) is 6.07 Å². The van der Waals surface area contributed by atoms with Crippen molar-refractivity contribution in [1.82, 2.24) is 4.90 Å². The van der Waals surface area contributed by atoms with Crippen LogP contribution in [0.3, 0.4) is 0 Å². The highest BCUT2D eigenvalue weighted by molar-refractivity contribution is 5.81. The first kappa shape index (κ1) is 11.4. The van der Waals surface area contributed by atoms with Crippen molar-refractivity contribution in [3.63, 3.8) is 0 Å². The predicted molar refractivity (Wildman–Crippen MR) is 60.3 cm³/mol. The Hall–Kier alpha value is -1.08. The van der Waals surface area contributed by atoms with Crippen LogP contribution < -0.4 is 5.73 Å². The van der Waals surface area contributed by atoms with E-state index in [9.17, 15) is 4.79 Å². The van der Waals surface area contributed by atoms with Crippen LogP contribution in [0.15, 0.2) is 0 Å². The number of hydrogen-bond acceptors (Lipinski definition) is 3. The van der Waals surface area contributed by atoms with E-state index in [0.717, 1.165) is 38.9 Å². The fourth-order valence-corrected chi connectivity index (χ4v) is 2.60. The molecule has 0 radical (unpaired) electrons. The molecule has 1 unspecified atom stereocenters. The van der Waals surface area contributed by atoms with E-state index in [1.807, 2.05) is 6.92 Å². The minimum atomic E-state index is -0.358. The van der Waals surface area contributed by atoms with Gasteiger partial charge in [0.1, 0.15) is 0 Å². The van der Waals surface area contributed by atoms with Gasteiger partial charge in [-0.1, -0.05) is 0 Å². The Morgan fingerprint density at radius 1 is 1.50 bits per heavy atom. The molecule has 1 aliphatic heterocycles. The monoisotopic (exact) mass is 221 g/mol. The van der Waals surface area contributed by atoms with E-state index in [2.05, 4.69) is 11.0 Å². The number of primary amides is 1. The fourth-order valence-electron chi connectivity index (χ4n) is 2.60. The maximum absolute atomic E-state index is 11.3. The number of likely N-dealkylation sites (tertiary alicyclic amines) is 1. The van der Waals surface area contributed by atoms with Crippen molar-refractivity contribution in [2.45, 2.75) is 32.6 Å². The summed E-state index contributed by atoms with van der Waals surface area (Å²) in [6.45, 7) is 4.60. The molecule has 2 fully saturated rings. The third kappa shape index (κ3) is 2.05. The van der Waals surface area contributed by atoms with Crippen LogP contribution in [0.5, 0.6) is 0 Å². The van der Waals surface area contributed by atoms with Crippen molar-refractivity contribution in [1.29, 1.82) is 5.26 Å². The van der Waals surface area contributed by atoms with Crippen LogP contribution in [0.25, 0.3) is 0 Å². The summed E-state index contributed by atoms with van der Waals surface area (Å²) in [7, 11) is 0. The molecular weight excluding hydrogens is 202 g/mol. The molecule has 4 nitrogen and oxygen atoms in total. The largest absolute Gasteiger partial charge is 0.369 e. The molecule has 1 saturated carbocycles. The lowest BCUT2D eigenvalue weighted by Gasteiger charge is -2.24. The molecule has 0 aromatic carbocycles. The van der Waals surface area contributed by atoms with Crippen LogP contribution in [0.1, 0.15) is 32.6 Å². The zero-order valence-corrected chi connectivity index (χ0v) is 9.83. The quantitative estimate of drug-likeness (QED) is 0.766. The maximum atomic E-state index is 11.3. The van der Waals surface area contributed by atoms with E-state index in [1.54, 1.807) is 0 Å². The van der Waals surface area contributed by atoms with E-state index in [0.29, 0.717) is 6.42 Å².